The summed E-state index contributed by atoms with van der Waals surface area (Å²) in [6.07, 6.45) is 0. The molecule has 1 aromatic heterocycles. The number of rotatable bonds is 4. The van der Waals surface area contributed by atoms with Crippen molar-refractivity contribution in [1.82, 2.24) is 25.1 Å². The maximum atomic E-state index is 12.3. The van der Waals surface area contributed by atoms with E-state index in [-0.39, 0.29) is 11.2 Å². The number of hydrogen-bond acceptors (Lipinski definition) is 5. The lowest BCUT2D eigenvalue weighted by molar-refractivity contribution is -0.128. The Labute approximate surface area is 115 Å². The van der Waals surface area contributed by atoms with Crippen LogP contribution in [0.3, 0.4) is 0 Å². The third-order valence-electron chi connectivity index (χ3n) is 2.57. The van der Waals surface area contributed by atoms with Crippen molar-refractivity contribution in [1.29, 1.82) is 0 Å². The van der Waals surface area contributed by atoms with Gasteiger partial charge in [0.2, 0.25) is 11.1 Å². The van der Waals surface area contributed by atoms with Crippen LogP contribution in [0.4, 0.5) is 0 Å². The number of hydrogen-bond donors (Lipinski definition) is 0. The molecule has 100 valence electrons. The van der Waals surface area contributed by atoms with Crippen molar-refractivity contribution in [2.24, 2.45) is 7.05 Å². The first-order chi connectivity index (χ1) is 9.09. The van der Waals surface area contributed by atoms with E-state index in [1.165, 1.54) is 11.8 Å². The van der Waals surface area contributed by atoms with Crippen LogP contribution in [-0.4, -0.2) is 45.1 Å². The third kappa shape index (κ3) is 3.11. The van der Waals surface area contributed by atoms with Gasteiger partial charge >= 0.3 is 0 Å². The molecule has 1 heterocycles. The van der Waals surface area contributed by atoms with E-state index in [1.54, 1.807) is 30.7 Å². The number of nitrogens with zero attached hydrogens (tertiary/aromatic N) is 5. The maximum Gasteiger partial charge on any atom is 0.240 e. The van der Waals surface area contributed by atoms with Crippen molar-refractivity contribution >= 4 is 17.7 Å². The molecule has 0 unspecified atom stereocenters. The number of thioether (sulfide) groups is 1. The van der Waals surface area contributed by atoms with Gasteiger partial charge in [-0.2, -0.15) is 0 Å². The van der Waals surface area contributed by atoms with Gasteiger partial charge in [-0.15, -0.1) is 5.10 Å². The molecule has 0 fully saturated rings. The van der Waals surface area contributed by atoms with Crippen LogP contribution in [0, 0.1) is 0 Å². The smallest absolute Gasteiger partial charge is 0.240 e. The van der Waals surface area contributed by atoms with Crippen molar-refractivity contribution in [3.8, 4) is 0 Å². The molecule has 19 heavy (non-hydrogen) atoms. The molecular formula is C12H15N5OS. The zero-order valence-electron chi connectivity index (χ0n) is 11.0. The van der Waals surface area contributed by atoms with Crippen molar-refractivity contribution in [3.63, 3.8) is 0 Å². The fraction of sp³-hybridized carbons (Fsp3) is 0.333. The Kier molecular flexibility index (Phi) is 4.16. The summed E-state index contributed by atoms with van der Waals surface area (Å²) < 4.78 is 1.56. The second-order valence-corrected chi connectivity index (χ2v) is 5.30. The number of carbonyl (C=O) groups is 1. The van der Waals surface area contributed by atoms with E-state index >= 15 is 0 Å². The quantitative estimate of drug-likeness (QED) is 0.784. The Morgan fingerprint density at radius 2 is 2.00 bits per heavy atom. The molecule has 0 saturated heterocycles. The number of tetrazole rings is 1. The summed E-state index contributed by atoms with van der Waals surface area (Å²) in [6.45, 7) is 0. The first-order valence-corrected chi connectivity index (χ1v) is 6.62. The van der Waals surface area contributed by atoms with Crippen molar-refractivity contribution in [2.75, 3.05) is 14.1 Å². The summed E-state index contributed by atoms with van der Waals surface area (Å²) in [5, 5.41) is 11.6. The molecule has 2 aromatic rings. The maximum absolute atomic E-state index is 12.3. The number of amides is 1. The predicted molar refractivity (Wildman–Crippen MR) is 72.5 cm³/mol. The van der Waals surface area contributed by atoms with Gasteiger partial charge in [-0.1, -0.05) is 42.1 Å². The standard InChI is InChI=1S/C12H15N5OS/c1-16(2)11(18)10(9-7-5-4-6-8-9)19-12-13-14-15-17(12)3/h4-8,10H,1-3H3/t10-/m1/s1. The van der Waals surface area contributed by atoms with Gasteiger partial charge in [-0.25, -0.2) is 4.68 Å². The number of likely N-dealkylation sites (N-methyl/N-ethyl adjacent to an activating group) is 1. The van der Waals surface area contributed by atoms with Gasteiger partial charge in [0.25, 0.3) is 0 Å². The van der Waals surface area contributed by atoms with Crippen LogP contribution in [0.15, 0.2) is 35.5 Å². The molecule has 2 rings (SSSR count). The van der Waals surface area contributed by atoms with Gasteiger partial charge in [-0.05, 0) is 16.0 Å². The number of aryl methyl sites for hydroxylation is 1. The highest BCUT2D eigenvalue weighted by molar-refractivity contribution is 8.00. The lowest BCUT2D eigenvalue weighted by Gasteiger charge is -2.19. The summed E-state index contributed by atoms with van der Waals surface area (Å²) in [4.78, 5) is 13.9. The highest BCUT2D eigenvalue weighted by Crippen LogP contribution is 2.34. The minimum Gasteiger partial charge on any atom is -0.348 e. The average molecular weight is 277 g/mol. The Morgan fingerprint density at radius 3 is 2.53 bits per heavy atom. The van der Waals surface area contributed by atoms with Gasteiger partial charge in [0.15, 0.2) is 0 Å². The number of carbonyl (C=O) groups excluding carboxylic acids is 1. The summed E-state index contributed by atoms with van der Waals surface area (Å²) in [5.74, 6) is 0.0131. The van der Waals surface area contributed by atoms with Crippen molar-refractivity contribution < 1.29 is 4.79 Å². The molecule has 0 radical (unpaired) electrons. The van der Waals surface area contributed by atoms with Crippen LogP contribution >= 0.6 is 11.8 Å². The van der Waals surface area contributed by atoms with E-state index in [4.69, 9.17) is 0 Å². The molecule has 6 nitrogen and oxygen atoms in total. The van der Waals surface area contributed by atoms with E-state index in [0.29, 0.717) is 5.16 Å². The van der Waals surface area contributed by atoms with Crippen LogP contribution in [0.25, 0.3) is 0 Å². The molecule has 0 N–H and O–H groups in total. The molecule has 1 amide bonds. The van der Waals surface area contributed by atoms with E-state index < -0.39 is 0 Å². The number of aromatic nitrogens is 4. The van der Waals surface area contributed by atoms with Crippen LogP contribution in [0.1, 0.15) is 10.8 Å². The van der Waals surface area contributed by atoms with Crippen LogP contribution < -0.4 is 0 Å². The van der Waals surface area contributed by atoms with Crippen molar-refractivity contribution in [3.05, 3.63) is 35.9 Å². The van der Waals surface area contributed by atoms with Crippen LogP contribution in [-0.2, 0) is 11.8 Å². The zero-order valence-corrected chi connectivity index (χ0v) is 11.8. The largest absolute Gasteiger partial charge is 0.348 e. The fourth-order valence-corrected chi connectivity index (χ4v) is 2.64. The molecule has 0 saturated carbocycles. The summed E-state index contributed by atoms with van der Waals surface area (Å²) in [7, 11) is 5.24. The van der Waals surface area contributed by atoms with Gasteiger partial charge in [0.1, 0.15) is 5.25 Å². The molecule has 1 aromatic carbocycles. The van der Waals surface area contributed by atoms with Crippen LogP contribution in [0.5, 0.6) is 0 Å². The van der Waals surface area contributed by atoms with E-state index in [2.05, 4.69) is 15.5 Å². The van der Waals surface area contributed by atoms with Crippen LogP contribution in [0.2, 0.25) is 0 Å². The van der Waals surface area contributed by atoms with E-state index in [9.17, 15) is 4.79 Å². The van der Waals surface area contributed by atoms with E-state index in [1.807, 2.05) is 30.3 Å². The molecule has 0 aliphatic heterocycles. The monoisotopic (exact) mass is 277 g/mol. The average Bonchev–Trinajstić information content (AvgIpc) is 2.81. The predicted octanol–water partition coefficient (Wildman–Crippen LogP) is 1.13. The highest BCUT2D eigenvalue weighted by atomic mass is 32.2. The Balaban J connectivity index is 2.30. The SMILES string of the molecule is CN(C)C(=O)[C@H](Sc1nnnn1C)c1ccccc1. The van der Waals surface area contributed by atoms with Gasteiger partial charge in [0.05, 0.1) is 0 Å². The zero-order chi connectivity index (χ0) is 13.8. The van der Waals surface area contributed by atoms with Gasteiger partial charge < -0.3 is 4.90 Å². The molecular weight excluding hydrogens is 262 g/mol. The second kappa shape index (κ2) is 5.83. The topological polar surface area (TPSA) is 63.9 Å². The van der Waals surface area contributed by atoms with E-state index in [0.717, 1.165) is 5.56 Å². The Bertz CT molecular complexity index is 554. The number of benzene rings is 1. The summed E-state index contributed by atoms with van der Waals surface area (Å²) >= 11 is 1.35. The first kappa shape index (κ1) is 13.5. The molecule has 7 heteroatoms. The summed E-state index contributed by atoms with van der Waals surface area (Å²) in [5.41, 5.74) is 0.939. The van der Waals surface area contributed by atoms with Crippen molar-refractivity contribution in [2.45, 2.75) is 10.4 Å². The Hall–Kier alpha value is -1.89. The molecule has 0 aliphatic carbocycles. The lowest BCUT2D eigenvalue weighted by atomic mass is 10.1. The highest BCUT2D eigenvalue weighted by Gasteiger charge is 2.25. The van der Waals surface area contributed by atoms with Gasteiger partial charge in [0, 0.05) is 21.1 Å². The normalized spacial score (nSPS) is 12.2. The minimum atomic E-state index is -0.346. The molecule has 0 spiro atoms. The summed E-state index contributed by atoms with van der Waals surface area (Å²) in [6, 6.07) is 9.63. The second-order valence-electron chi connectivity index (χ2n) is 4.23. The molecule has 0 bridgehead atoms. The minimum absolute atomic E-state index is 0.0131. The Morgan fingerprint density at radius 1 is 1.32 bits per heavy atom. The molecule has 0 aliphatic rings. The lowest BCUT2D eigenvalue weighted by Crippen LogP contribution is -2.26. The molecule has 1 atom stereocenters. The van der Waals surface area contributed by atoms with Gasteiger partial charge in [-0.3, -0.25) is 4.79 Å². The fourth-order valence-electron chi connectivity index (χ4n) is 1.55. The first-order valence-electron chi connectivity index (χ1n) is 5.74. The third-order valence-corrected chi connectivity index (χ3v) is 3.84.